The largest absolute Gasteiger partial charge is 0.494 e. The fourth-order valence-corrected chi connectivity index (χ4v) is 7.18. The van der Waals surface area contributed by atoms with E-state index in [0.29, 0.717) is 32.1 Å². The Morgan fingerprint density at radius 2 is 1.70 bits per heavy atom. The molecule has 4 heterocycles. The molecule has 4 aromatic rings. The molecule has 1 aliphatic carbocycles. The number of benzene rings is 2. The molecule has 1 amide bonds. The standard InChI is InChI=1S/C38H42N4O4S/c43-37-14-10-28-8-12-30(26-33(28)39-37)45-23-3-4-24-46-38-15-11-29-9-13-31(27-34(29)40-38)44-22-2-1-17-41-18-20-42(21-19-41)35-6-5-7-36-32(35)16-25-47-36/h5-13,15-16,25-27,33H,1-4,14,17-24H2,(H,39,43). The van der Waals surface area contributed by atoms with Crippen molar-refractivity contribution in [2.45, 2.75) is 38.1 Å². The first-order chi connectivity index (χ1) is 23.2. The molecule has 0 saturated carbocycles. The third-order valence-corrected chi connectivity index (χ3v) is 9.87. The van der Waals surface area contributed by atoms with Gasteiger partial charge in [0.05, 0.1) is 31.4 Å². The highest BCUT2D eigenvalue weighted by Crippen LogP contribution is 2.31. The van der Waals surface area contributed by atoms with Crippen molar-refractivity contribution in [1.29, 1.82) is 0 Å². The van der Waals surface area contributed by atoms with Crippen molar-refractivity contribution >= 4 is 43.9 Å². The first-order valence-electron chi connectivity index (χ1n) is 16.8. The van der Waals surface area contributed by atoms with Gasteiger partial charge >= 0.3 is 0 Å². The number of anilines is 1. The molecule has 3 aliphatic rings. The van der Waals surface area contributed by atoms with Crippen LogP contribution in [0.15, 0.2) is 95.6 Å². The Kier molecular flexibility index (Phi) is 10.0. The quantitative estimate of drug-likeness (QED) is 0.149. The van der Waals surface area contributed by atoms with Crippen molar-refractivity contribution in [1.82, 2.24) is 15.2 Å². The highest BCUT2D eigenvalue weighted by atomic mass is 32.1. The number of carbonyl (C=O) groups is 1. The van der Waals surface area contributed by atoms with Crippen LogP contribution in [-0.4, -0.2) is 74.4 Å². The maximum Gasteiger partial charge on any atom is 0.224 e. The summed E-state index contributed by atoms with van der Waals surface area (Å²) in [5.41, 5.74) is 3.37. The summed E-state index contributed by atoms with van der Waals surface area (Å²) in [6, 6.07) is 18.9. The number of allylic oxidation sites excluding steroid dienone is 1. The lowest BCUT2D eigenvalue weighted by atomic mass is 9.97. The smallest absolute Gasteiger partial charge is 0.224 e. The summed E-state index contributed by atoms with van der Waals surface area (Å²) in [4.78, 5) is 21.5. The van der Waals surface area contributed by atoms with E-state index in [4.69, 9.17) is 19.2 Å². The number of ether oxygens (including phenoxy) is 3. The summed E-state index contributed by atoms with van der Waals surface area (Å²) in [7, 11) is 0. The van der Waals surface area contributed by atoms with Crippen LogP contribution in [0.3, 0.4) is 0 Å². The molecule has 9 heteroatoms. The van der Waals surface area contributed by atoms with Crippen LogP contribution in [0.5, 0.6) is 11.6 Å². The van der Waals surface area contributed by atoms with Crippen LogP contribution in [0.4, 0.5) is 5.69 Å². The van der Waals surface area contributed by atoms with E-state index in [9.17, 15) is 4.79 Å². The maximum atomic E-state index is 11.7. The van der Waals surface area contributed by atoms with Crippen LogP contribution in [0, 0.1) is 0 Å². The zero-order chi connectivity index (χ0) is 31.8. The number of amides is 1. The van der Waals surface area contributed by atoms with Gasteiger partial charge in [-0.05, 0) is 91.7 Å². The van der Waals surface area contributed by atoms with Crippen LogP contribution in [0.1, 0.15) is 32.1 Å². The average Bonchev–Trinajstić information content (AvgIpc) is 3.59. The van der Waals surface area contributed by atoms with Gasteiger partial charge in [-0.1, -0.05) is 18.2 Å². The van der Waals surface area contributed by atoms with E-state index in [1.807, 2.05) is 59.9 Å². The molecule has 244 valence electrons. The van der Waals surface area contributed by atoms with E-state index in [0.717, 1.165) is 86.4 Å². The summed E-state index contributed by atoms with van der Waals surface area (Å²) in [5, 5.41) is 7.61. The number of nitrogens with one attached hydrogen (secondary N) is 1. The number of aromatic nitrogens is 1. The third kappa shape index (κ3) is 7.97. The first-order valence-corrected chi connectivity index (χ1v) is 17.7. The van der Waals surface area contributed by atoms with Gasteiger partial charge in [0.2, 0.25) is 11.8 Å². The predicted molar refractivity (Wildman–Crippen MR) is 189 cm³/mol. The molecule has 1 atom stereocenters. The van der Waals surface area contributed by atoms with E-state index in [2.05, 4.69) is 50.8 Å². The summed E-state index contributed by atoms with van der Waals surface area (Å²) < 4.78 is 19.3. The molecule has 8 nitrogen and oxygen atoms in total. The fraction of sp³-hybridized carbons (Fsp3) is 0.368. The van der Waals surface area contributed by atoms with Gasteiger partial charge in [-0.3, -0.25) is 9.69 Å². The van der Waals surface area contributed by atoms with Crippen LogP contribution in [0.2, 0.25) is 0 Å². The van der Waals surface area contributed by atoms with E-state index >= 15 is 0 Å². The fourth-order valence-electron chi connectivity index (χ4n) is 6.37. The van der Waals surface area contributed by atoms with E-state index in [1.165, 1.54) is 15.8 Å². The normalized spacial score (nSPS) is 18.1. The van der Waals surface area contributed by atoms with Gasteiger partial charge in [-0.25, -0.2) is 4.98 Å². The van der Waals surface area contributed by atoms with Gasteiger partial charge < -0.3 is 24.4 Å². The number of nitrogens with zero attached hydrogens (tertiary/aromatic N) is 3. The lowest BCUT2D eigenvalue weighted by Crippen LogP contribution is -2.46. The Balaban J connectivity index is 0.785. The molecule has 0 radical (unpaired) electrons. The molecular weight excluding hydrogens is 609 g/mol. The number of thiophene rings is 1. The number of hydrogen-bond donors (Lipinski definition) is 1. The SMILES string of the molecule is O=C1CC=C2C=CC(OCCCCOc3ccc4ccc(OCCCCN5CCN(c6cccc7sccc67)CC5)cc4n3)=CC2N1. The second-order valence-corrected chi connectivity index (χ2v) is 13.2. The third-order valence-electron chi connectivity index (χ3n) is 8.99. The second-order valence-electron chi connectivity index (χ2n) is 12.3. The van der Waals surface area contributed by atoms with Crippen LogP contribution < -0.4 is 19.7 Å². The minimum atomic E-state index is -0.0832. The van der Waals surface area contributed by atoms with E-state index in [-0.39, 0.29) is 11.9 Å². The molecule has 2 aromatic carbocycles. The molecular formula is C38H42N4O4S. The van der Waals surface area contributed by atoms with Crippen molar-refractivity contribution in [3.05, 3.63) is 95.6 Å². The number of hydrogen-bond acceptors (Lipinski definition) is 8. The summed E-state index contributed by atoms with van der Waals surface area (Å²) in [5.74, 6) is 2.30. The Morgan fingerprint density at radius 1 is 0.872 bits per heavy atom. The molecule has 1 unspecified atom stereocenters. The van der Waals surface area contributed by atoms with Gasteiger partial charge in [-0.2, -0.15) is 0 Å². The molecule has 2 aliphatic heterocycles. The number of fused-ring (bicyclic) bond motifs is 3. The molecule has 0 spiro atoms. The number of unbranched alkanes of at least 4 members (excludes halogenated alkanes) is 2. The van der Waals surface area contributed by atoms with Gasteiger partial charge in [-0.15, -0.1) is 11.3 Å². The van der Waals surface area contributed by atoms with Crippen LogP contribution in [-0.2, 0) is 9.53 Å². The topological polar surface area (TPSA) is 76.2 Å². The van der Waals surface area contributed by atoms with Gasteiger partial charge in [0.1, 0.15) is 11.5 Å². The summed E-state index contributed by atoms with van der Waals surface area (Å²) in [6.07, 6.45) is 12.2. The lowest BCUT2D eigenvalue weighted by molar-refractivity contribution is -0.120. The number of carbonyl (C=O) groups excluding carboxylic acids is 1. The van der Waals surface area contributed by atoms with Gasteiger partial charge in [0.15, 0.2) is 0 Å². The highest BCUT2D eigenvalue weighted by Gasteiger charge is 2.21. The highest BCUT2D eigenvalue weighted by molar-refractivity contribution is 7.17. The van der Waals surface area contributed by atoms with Crippen LogP contribution >= 0.6 is 11.3 Å². The Hall–Kier alpha value is -4.34. The van der Waals surface area contributed by atoms with E-state index < -0.39 is 0 Å². The van der Waals surface area contributed by atoms with Gasteiger partial charge in [0.25, 0.3) is 0 Å². The van der Waals surface area contributed by atoms with E-state index in [1.54, 1.807) is 0 Å². The molecule has 47 heavy (non-hydrogen) atoms. The molecule has 0 bridgehead atoms. The molecule has 2 aromatic heterocycles. The maximum absolute atomic E-state index is 11.7. The van der Waals surface area contributed by atoms with Crippen molar-refractivity contribution in [3.63, 3.8) is 0 Å². The summed E-state index contributed by atoms with van der Waals surface area (Å²) in [6.45, 7) is 7.33. The first kappa shape index (κ1) is 31.3. The van der Waals surface area contributed by atoms with Gasteiger partial charge in [0, 0.05) is 65.9 Å². The average molecular weight is 651 g/mol. The monoisotopic (exact) mass is 650 g/mol. The molecule has 1 saturated heterocycles. The van der Waals surface area contributed by atoms with Crippen LogP contribution in [0.25, 0.3) is 21.0 Å². The zero-order valence-electron chi connectivity index (χ0n) is 26.7. The zero-order valence-corrected chi connectivity index (χ0v) is 27.6. The number of pyridine rings is 1. The second kappa shape index (κ2) is 15.0. The van der Waals surface area contributed by atoms with Crippen molar-refractivity contribution < 1.29 is 19.0 Å². The Morgan fingerprint density at radius 3 is 2.62 bits per heavy atom. The summed E-state index contributed by atoms with van der Waals surface area (Å²) >= 11 is 1.82. The minimum Gasteiger partial charge on any atom is -0.494 e. The molecule has 1 N–H and O–H groups in total. The van der Waals surface area contributed by atoms with Crippen molar-refractivity contribution in [3.8, 4) is 11.6 Å². The van der Waals surface area contributed by atoms with Crippen molar-refractivity contribution in [2.24, 2.45) is 0 Å². The predicted octanol–water partition coefficient (Wildman–Crippen LogP) is 6.87. The Bertz CT molecular complexity index is 1790. The Labute approximate surface area is 280 Å². The minimum absolute atomic E-state index is 0.0445. The number of rotatable bonds is 14. The van der Waals surface area contributed by atoms with Crippen molar-refractivity contribution in [2.75, 3.05) is 57.4 Å². The molecule has 1 fully saturated rings. The lowest BCUT2D eigenvalue weighted by Gasteiger charge is -2.36. The number of piperazine rings is 1. The molecule has 7 rings (SSSR count).